The van der Waals surface area contributed by atoms with E-state index in [2.05, 4.69) is 25.8 Å². The van der Waals surface area contributed by atoms with Gasteiger partial charge in [-0.1, -0.05) is 0 Å². The van der Waals surface area contributed by atoms with Crippen molar-refractivity contribution in [2.75, 3.05) is 14.2 Å². The molecule has 0 spiro atoms. The van der Waals surface area contributed by atoms with Gasteiger partial charge < -0.3 is 14.0 Å². The van der Waals surface area contributed by atoms with Crippen LogP contribution >= 0.6 is 0 Å². The number of hydrogen-bond acceptors (Lipinski definition) is 3. The topological polar surface area (TPSA) is 36.3 Å². The molecule has 1 aromatic heterocycles. The molecule has 0 bridgehead atoms. The maximum Gasteiger partial charge on any atom is 0.200 e. The normalized spacial score (nSPS) is 12.4. The smallest absolute Gasteiger partial charge is 0.200 e. The third-order valence-electron chi connectivity index (χ3n) is 2.06. The van der Waals surface area contributed by atoms with Crippen molar-refractivity contribution in [3.63, 3.8) is 0 Å². The predicted molar refractivity (Wildman–Crippen MR) is 54.0 cm³/mol. The van der Waals surface area contributed by atoms with Gasteiger partial charge in [0.2, 0.25) is 0 Å². The first kappa shape index (κ1) is 11.2. The highest BCUT2D eigenvalue weighted by molar-refractivity contribution is 5.03. The summed E-state index contributed by atoms with van der Waals surface area (Å²) in [5.74, 6) is 0. The second-order valence-corrected chi connectivity index (χ2v) is 4.16. The van der Waals surface area contributed by atoms with Crippen LogP contribution in [0.3, 0.4) is 0 Å². The molecular formula is C10H18N2O2. The zero-order valence-electron chi connectivity index (χ0n) is 9.44. The Hall–Kier alpha value is -0.870. The monoisotopic (exact) mass is 198 g/mol. The van der Waals surface area contributed by atoms with E-state index in [0.29, 0.717) is 0 Å². The van der Waals surface area contributed by atoms with E-state index in [1.54, 1.807) is 26.7 Å². The maximum atomic E-state index is 5.20. The lowest BCUT2D eigenvalue weighted by Gasteiger charge is -2.26. The van der Waals surface area contributed by atoms with Gasteiger partial charge in [-0.3, -0.25) is 0 Å². The van der Waals surface area contributed by atoms with Crippen LogP contribution in [0.1, 0.15) is 32.8 Å². The lowest BCUT2D eigenvalue weighted by atomic mass is 10.1. The standard InChI is InChI=1S/C10H18N2O2/c1-10(2,3)12-7-11-6-8(12)9(13-4)14-5/h6-7,9H,1-5H3. The van der Waals surface area contributed by atoms with Gasteiger partial charge in [-0.2, -0.15) is 0 Å². The molecule has 0 fully saturated rings. The van der Waals surface area contributed by atoms with E-state index in [9.17, 15) is 0 Å². The molecule has 0 aliphatic carbocycles. The van der Waals surface area contributed by atoms with E-state index in [0.717, 1.165) is 5.69 Å². The lowest BCUT2D eigenvalue weighted by molar-refractivity contribution is -0.111. The largest absolute Gasteiger partial charge is 0.350 e. The Morgan fingerprint density at radius 2 is 1.86 bits per heavy atom. The molecule has 0 aromatic carbocycles. The van der Waals surface area contributed by atoms with Crippen LogP contribution in [0.5, 0.6) is 0 Å². The highest BCUT2D eigenvalue weighted by Gasteiger charge is 2.21. The Kier molecular flexibility index (Phi) is 3.29. The molecule has 0 amide bonds. The van der Waals surface area contributed by atoms with E-state index in [1.165, 1.54) is 0 Å². The van der Waals surface area contributed by atoms with Gasteiger partial charge in [0.05, 0.1) is 18.2 Å². The van der Waals surface area contributed by atoms with Crippen LogP contribution in [0, 0.1) is 0 Å². The molecule has 14 heavy (non-hydrogen) atoms. The molecule has 0 radical (unpaired) electrons. The molecule has 0 unspecified atom stereocenters. The van der Waals surface area contributed by atoms with Crippen LogP contribution in [0.4, 0.5) is 0 Å². The summed E-state index contributed by atoms with van der Waals surface area (Å²) in [6.07, 6.45) is 3.21. The van der Waals surface area contributed by atoms with Crippen molar-refractivity contribution < 1.29 is 9.47 Å². The number of ether oxygens (including phenoxy) is 2. The van der Waals surface area contributed by atoms with Crippen LogP contribution in [-0.4, -0.2) is 23.8 Å². The third-order valence-corrected chi connectivity index (χ3v) is 2.06. The molecule has 0 saturated heterocycles. The summed E-state index contributed by atoms with van der Waals surface area (Å²) in [5.41, 5.74) is 0.920. The van der Waals surface area contributed by atoms with E-state index < -0.39 is 0 Å². The molecule has 0 aliphatic heterocycles. The van der Waals surface area contributed by atoms with E-state index in [4.69, 9.17) is 9.47 Å². The van der Waals surface area contributed by atoms with Gasteiger partial charge in [-0.05, 0) is 20.8 Å². The summed E-state index contributed by atoms with van der Waals surface area (Å²) in [6, 6.07) is 0. The summed E-state index contributed by atoms with van der Waals surface area (Å²) >= 11 is 0. The Morgan fingerprint density at radius 3 is 2.29 bits per heavy atom. The fourth-order valence-corrected chi connectivity index (χ4v) is 1.38. The van der Waals surface area contributed by atoms with Gasteiger partial charge in [0, 0.05) is 19.8 Å². The number of hydrogen-bond donors (Lipinski definition) is 0. The number of aromatic nitrogens is 2. The van der Waals surface area contributed by atoms with E-state index >= 15 is 0 Å². The zero-order chi connectivity index (χ0) is 10.8. The van der Waals surface area contributed by atoms with E-state index in [-0.39, 0.29) is 11.8 Å². The Balaban J connectivity index is 3.03. The number of nitrogens with zero attached hydrogens (tertiary/aromatic N) is 2. The van der Waals surface area contributed by atoms with Crippen LogP contribution in [0.25, 0.3) is 0 Å². The van der Waals surface area contributed by atoms with Gasteiger partial charge in [0.25, 0.3) is 0 Å². The van der Waals surface area contributed by atoms with Crippen molar-refractivity contribution in [1.82, 2.24) is 9.55 Å². The molecule has 1 aromatic rings. The molecule has 0 N–H and O–H groups in total. The first-order valence-corrected chi connectivity index (χ1v) is 4.59. The van der Waals surface area contributed by atoms with Crippen LogP contribution in [-0.2, 0) is 15.0 Å². The molecule has 80 valence electrons. The SMILES string of the molecule is COC(OC)c1cncn1C(C)(C)C. The minimum absolute atomic E-state index is 0.0128. The fraction of sp³-hybridized carbons (Fsp3) is 0.700. The Bertz CT molecular complexity index is 285. The van der Waals surface area contributed by atoms with Crippen LogP contribution < -0.4 is 0 Å². The van der Waals surface area contributed by atoms with Crippen molar-refractivity contribution in [2.45, 2.75) is 32.6 Å². The molecule has 1 rings (SSSR count). The second-order valence-electron chi connectivity index (χ2n) is 4.16. The average molecular weight is 198 g/mol. The first-order valence-electron chi connectivity index (χ1n) is 4.59. The summed E-state index contributed by atoms with van der Waals surface area (Å²) in [5, 5.41) is 0. The highest BCUT2D eigenvalue weighted by atomic mass is 16.7. The minimum atomic E-state index is -0.350. The van der Waals surface area contributed by atoms with Gasteiger partial charge >= 0.3 is 0 Å². The number of imidazole rings is 1. The molecule has 0 atom stereocenters. The van der Waals surface area contributed by atoms with Gasteiger partial charge in [0.15, 0.2) is 6.29 Å². The van der Waals surface area contributed by atoms with Gasteiger partial charge in [0.1, 0.15) is 0 Å². The quantitative estimate of drug-likeness (QED) is 0.696. The lowest BCUT2D eigenvalue weighted by Crippen LogP contribution is -2.25. The van der Waals surface area contributed by atoms with Crippen LogP contribution in [0.15, 0.2) is 12.5 Å². The maximum absolute atomic E-state index is 5.20. The Morgan fingerprint density at radius 1 is 1.29 bits per heavy atom. The first-order chi connectivity index (χ1) is 6.50. The summed E-state index contributed by atoms with van der Waals surface area (Å²) in [4.78, 5) is 4.11. The van der Waals surface area contributed by atoms with Crippen molar-refractivity contribution in [3.8, 4) is 0 Å². The minimum Gasteiger partial charge on any atom is -0.350 e. The van der Waals surface area contributed by atoms with Crippen LogP contribution in [0.2, 0.25) is 0 Å². The zero-order valence-corrected chi connectivity index (χ0v) is 9.44. The fourth-order valence-electron chi connectivity index (χ4n) is 1.38. The predicted octanol–water partition coefficient (Wildman–Crippen LogP) is 1.93. The van der Waals surface area contributed by atoms with Crippen molar-refractivity contribution in [2.24, 2.45) is 0 Å². The third kappa shape index (κ3) is 2.13. The second kappa shape index (κ2) is 4.11. The molecule has 4 nitrogen and oxygen atoms in total. The average Bonchev–Trinajstić information content (AvgIpc) is 2.54. The van der Waals surface area contributed by atoms with Gasteiger partial charge in [-0.15, -0.1) is 0 Å². The van der Waals surface area contributed by atoms with E-state index in [1.807, 2.05) is 4.57 Å². The Labute approximate surface area is 84.9 Å². The molecule has 0 aliphatic rings. The van der Waals surface area contributed by atoms with Crippen molar-refractivity contribution in [1.29, 1.82) is 0 Å². The summed E-state index contributed by atoms with van der Waals surface area (Å²) < 4.78 is 12.4. The van der Waals surface area contributed by atoms with Gasteiger partial charge in [-0.25, -0.2) is 4.98 Å². The van der Waals surface area contributed by atoms with Crippen molar-refractivity contribution in [3.05, 3.63) is 18.2 Å². The summed E-state index contributed by atoms with van der Waals surface area (Å²) in [7, 11) is 3.24. The van der Waals surface area contributed by atoms with Crippen molar-refractivity contribution >= 4 is 0 Å². The number of rotatable bonds is 3. The molecular weight excluding hydrogens is 180 g/mol. The molecule has 4 heteroatoms. The highest BCUT2D eigenvalue weighted by Crippen LogP contribution is 2.23. The summed E-state index contributed by atoms with van der Waals surface area (Å²) in [6.45, 7) is 6.34. The molecule has 1 heterocycles. The number of methoxy groups -OCH3 is 2. The molecule has 0 saturated carbocycles.